The van der Waals surface area contributed by atoms with Crippen LogP contribution in [0.5, 0.6) is 0 Å². The number of halogens is 3. The first kappa shape index (κ1) is 20.7. The molecule has 1 aromatic heterocycles. The zero-order chi connectivity index (χ0) is 23.2. The summed E-state index contributed by atoms with van der Waals surface area (Å²) in [5.41, 5.74) is 0.705. The number of H-pyrrole nitrogens is 1. The zero-order valence-electron chi connectivity index (χ0n) is 17.3. The number of aromatic amines is 1. The highest BCUT2D eigenvalue weighted by atomic mass is 19.4. The molecule has 0 saturated heterocycles. The summed E-state index contributed by atoms with van der Waals surface area (Å²) in [4.78, 5) is 12.2. The van der Waals surface area contributed by atoms with Gasteiger partial charge < -0.3 is 4.74 Å². The predicted molar refractivity (Wildman–Crippen MR) is 116 cm³/mol. The molecule has 4 aromatic rings. The number of nitrogens with one attached hydrogen (secondary N) is 1. The van der Waals surface area contributed by atoms with Crippen molar-refractivity contribution in [2.24, 2.45) is 5.10 Å². The number of aromatic nitrogens is 2. The number of ether oxygens (including phenoxy) is 1. The zero-order valence-corrected chi connectivity index (χ0v) is 17.3. The van der Waals surface area contributed by atoms with E-state index in [4.69, 9.17) is 4.74 Å². The van der Waals surface area contributed by atoms with Gasteiger partial charge in [-0.1, -0.05) is 54.6 Å². The van der Waals surface area contributed by atoms with Crippen molar-refractivity contribution < 1.29 is 22.7 Å². The highest BCUT2D eigenvalue weighted by Crippen LogP contribution is 2.39. The molecule has 0 fully saturated rings. The van der Waals surface area contributed by atoms with Crippen LogP contribution in [-0.2, 0) is 15.7 Å². The van der Waals surface area contributed by atoms with Gasteiger partial charge in [-0.3, -0.25) is 9.89 Å². The molecular formula is C24H17F3N4O2. The minimum Gasteiger partial charge on any atom is -0.445 e. The number of hydrogen-bond acceptors (Lipinski definition) is 4. The number of rotatable bonds is 3. The van der Waals surface area contributed by atoms with Crippen molar-refractivity contribution in [3.8, 4) is 11.3 Å². The van der Waals surface area contributed by atoms with Gasteiger partial charge in [0.25, 0.3) is 5.90 Å². The van der Waals surface area contributed by atoms with Crippen molar-refractivity contribution in [3.05, 3.63) is 89.6 Å². The van der Waals surface area contributed by atoms with Crippen molar-refractivity contribution in [3.63, 3.8) is 0 Å². The summed E-state index contributed by atoms with van der Waals surface area (Å²) in [6.07, 6.45) is -5.95. The standard InChI is InChI=1S/C24H17F3N4O2/c1-14(32)31-23(18-8-4-5-9-19(18)24(25,26)27)33-22(30-31)21-13-20(28-29-21)17-11-10-15-6-2-3-7-16(15)12-17/h2-13,23H,1H3,(H,28,29)/t23-/m0/s1. The Bertz CT molecular complexity index is 1390. The first-order valence-corrected chi connectivity index (χ1v) is 10.1. The van der Waals surface area contributed by atoms with Crippen LogP contribution in [0.1, 0.15) is 30.0 Å². The molecule has 0 bridgehead atoms. The maximum absolute atomic E-state index is 13.5. The summed E-state index contributed by atoms with van der Waals surface area (Å²) in [5.74, 6) is -0.576. The molecule has 5 rings (SSSR count). The van der Waals surface area contributed by atoms with Crippen molar-refractivity contribution in [2.45, 2.75) is 19.3 Å². The molecular weight excluding hydrogens is 433 g/mol. The van der Waals surface area contributed by atoms with Crippen LogP contribution in [0.4, 0.5) is 13.2 Å². The third kappa shape index (κ3) is 3.82. The fourth-order valence-electron chi connectivity index (χ4n) is 3.78. The van der Waals surface area contributed by atoms with E-state index in [0.29, 0.717) is 11.4 Å². The highest BCUT2D eigenvalue weighted by molar-refractivity contribution is 5.96. The number of alkyl halides is 3. The fourth-order valence-corrected chi connectivity index (χ4v) is 3.78. The Kier molecular flexibility index (Phi) is 4.88. The number of hydrazone groups is 1. The second-order valence-corrected chi connectivity index (χ2v) is 7.55. The van der Waals surface area contributed by atoms with Crippen LogP contribution in [0.25, 0.3) is 22.0 Å². The van der Waals surface area contributed by atoms with Crippen LogP contribution < -0.4 is 0 Å². The normalized spacial score (nSPS) is 16.1. The minimum atomic E-state index is -4.61. The molecule has 3 aromatic carbocycles. The largest absolute Gasteiger partial charge is 0.445 e. The maximum atomic E-state index is 13.5. The summed E-state index contributed by atoms with van der Waals surface area (Å²) in [5, 5.41) is 14.3. The number of carbonyl (C=O) groups excluding carboxylic acids is 1. The summed E-state index contributed by atoms with van der Waals surface area (Å²) in [7, 11) is 0. The van der Waals surface area contributed by atoms with Crippen LogP contribution >= 0.6 is 0 Å². The molecule has 6 nitrogen and oxygen atoms in total. The number of nitrogens with zero attached hydrogens (tertiary/aromatic N) is 3. The van der Waals surface area contributed by atoms with Crippen LogP contribution in [0.3, 0.4) is 0 Å². The average Bonchev–Trinajstić information content (AvgIpc) is 3.46. The van der Waals surface area contributed by atoms with Crippen LogP contribution in [0, 0.1) is 0 Å². The quantitative estimate of drug-likeness (QED) is 0.449. The molecule has 0 radical (unpaired) electrons. The van der Waals surface area contributed by atoms with Gasteiger partial charge in [0.1, 0.15) is 5.69 Å². The van der Waals surface area contributed by atoms with Gasteiger partial charge in [0.2, 0.25) is 12.1 Å². The topological polar surface area (TPSA) is 70.6 Å². The summed E-state index contributed by atoms with van der Waals surface area (Å²) < 4.78 is 46.4. The molecule has 1 aliphatic rings. The molecule has 0 spiro atoms. The average molecular weight is 450 g/mol. The first-order chi connectivity index (χ1) is 15.8. The van der Waals surface area contributed by atoms with E-state index in [9.17, 15) is 18.0 Å². The Labute approximate surface area is 186 Å². The summed E-state index contributed by atoms with van der Waals surface area (Å²) >= 11 is 0. The van der Waals surface area contributed by atoms with Gasteiger partial charge in [-0.2, -0.15) is 23.3 Å². The van der Waals surface area contributed by atoms with Crippen molar-refractivity contribution in [2.75, 3.05) is 0 Å². The smallest absolute Gasteiger partial charge is 0.416 e. The molecule has 0 aliphatic carbocycles. The van der Waals surface area contributed by atoms with Gasteiger partial charge in [0, 0.05) is 18.1 Å². The van der Waals surface area contributed by atoms with Crippen molar-refractivity contribution >= 4 is 22.6 Å². The number of hydrogen-bond donors (Lipinski definition) is 1. The molecule has 0 saturated carbocycles. The van der Waals surface area contributed by atoms with Crippen LogP contribution in [-0.4, -0.2) is 27.0 Å². The van der Waals surface area contributed by atoms with Gasteiger partial charge in [-0.05, 0) is 29.0 Å². The Morgan fingerprint density at radius 3 is 2.48 bits per heavy atom. The van der Waals surface area contributed by atoms with E-state index >= 15 is 0 Å². The van der Waals surface area contributed by atoms with Crippen LogP contribution in [0.15, 0.2) is 77.9 Å². The van der Waals surface area contributed by atoms with E-state index < -0.39 is 23.9 Å². The third-order valence-corrected chi connectivity index (χ3v) is 5.35. The lowest BCUT2D eigenvalue weighted by Crippen LogP contribution is -2.27. The van der Waals surface area contributed by atoms with E-state index in [1.807, 2.05) is 42.5 Å². The minimum absolute atomic E-state index is 0.0216. The van der Waals surface area contributed by atoms with Crippen molar-refractivity contribution in [1.29, 1.82) is 0 Å². The first-order valence-electron chi connectivity index (χ1n) is 10.1. The van der Waals surface area contributed by atoms with E-state index in [2.05, 4.69) is 15.3 Å². The Hall–Kier alpha value is -4.14. The van der Waals surface area contributed by atoms with Gasteiger partial charge in [-0.15, -0.1) is 5.10 Å². The Morgan fingerprint density at radius 2 is 1.73 bits per heavy atom. The van der Waals surface area contributed by atoms with Gasteiger partial charge in [0.05, 0.1) is 11.3 Å². The van der Waals surface area contributed by atoms with Gasteiger partial charge in [-0.25, -0.2) is 0 Å². The SMILES string of the molecule is CC(=O)N1N=C(c2cc(-c3ccc4ccccc4c3)n[nH]2)O[C@H]1c1ccccc1C(F)(F)F. The fraction of sp³-hybridized carbons (Fsp3) is 0.125. The molecule has 1 N–H and O–H groups in total. The third-order valence-electron chi connectivity index (χ3n) is 5.35. The monoisotopic (exact) mass is 450 g/mol. The molecule has 166 valence electrons. The summed E-state index contributed by atoms with van der Waals surface area (Å²) in [6, 6.07) is 20.4. The Balaban J connectivity index is 1.48. The van der Waals surface area contributed by atoms with E-state index in [1.54, 1.807) is 6.07 Å². The molecule has 1 aliphatic heterocycles. The number of benzene rings is 3. The number of carbonyl (C=O) groups is 1. The Morgan fingerprint density at radius 1 is 1.00 bits per heavy atom. The van der Waals surface area contributed by atoms with Gasteiger partial charge >= 0.3 is 6.18 Å². The second-order valence-electron chi connectivity index (χ2n) is 7.55. The second kappa shape index (κ2) is 7.77. The predicted octanol–water partition coefficient (Wildman–Crippen LogP) is 5.49. The van der Waals surface area contributed by atoms with Gasteiger partial charge in [0.15, 0.2) is 0 Å². The van der Waals surface area contributed by atoms with Crippen LogP contribution in [0.2, 0.25) is 0 Å². The summed E-state index contributed by atoms with van der Waals surface area (Å²) in [6.45, 7) is 1.21. The molecule has 0 unspecified atom stereocenters. The number of amides is 1. The van der Waals surface area contributed by atoms with E-state index in [-0.39, 0.29) is 11.5 Å². The molecule has 9 heteroatoms. The molecule has 33 heavy (non-hydrogen) atoms. The van der Waals surface area contributed by atoms with Crippen molar-refractivity contribution in [1.82, 2.24) is 15.2 Å². The highest BCUT2D eigenvalue weighted by Gasteiger charge is 2.41. The molecule has 1 atom stereocenters. The lowest BCUT2D eigenvalue weighted by molar-refractivity contribution is -0.143. The number of fused-ring (bicyclic) bond motifs is 1. The van der Waals surface area contributed by atoms with E-state index in [0.717, 1.165) is 27.4 Å². The lowest BCUT2D eigenvalue weighted by atomic mass is 10.0. The molecule has 1 amide bonds. The lowest BCUT2D eigenvalue weighted by Gasteiger charge is -2.22. The van der Waals surface area contributed by atoms with E-state index in [1.165, 1.54) is 25.1 Å². The maximum Gasteiger partial charge on any atom is 0.416 e. The molecule has 2 heterocycles.